The highest BCUT2D eigenvalue weighted by atomic mass is 16.5. The first-order chi connectivity index (χ1) is 17.9. The monoisotopic (exact) mass is 509 g/mol. The van der Waals surface area contributed by atoms with Crippen molar-refractivity contribution in [3.05, 3.63) is 59.7 Å². The molecule has 2 aromatic carbocycles. The number of aldehydes is 1. The summed E-state index contributed by atoms with van der Waals surface area (Å²) < 4.78 is 10.8. The Morgan fingerprint density at radius 2 is 1.81 bits per heavy atom. The van der Waals surface area contributed by atoms with Crippen LogP contribution in [-0.4, -0.2) is 69.4 Å². The third-order valence-electron chi connectivity index (χ3n) is 7.61. The highest BCUT2D eigenvalue weighted by Crippen LogP contribution is 2.34. The number of methoxy groups -OCH3 is 2. The van der Waals surface area contributed by atoms with Crippen molar-refractivity contribution in [2.75, 3.05) is 47.4 Å². The van der Waals surface area contributed by atoms with Gasteiger partial charge < -0.3 is 29.4 Å². The molecule has 0 spiro atoms. The van der Waals surface area contributed by atoms with Gasteiger partial charge in [0.15, 0.2) is 0 Å². The number of hydrogen-bond donors (Lipinski definition) is 1. The SMILES string of the molecule is CCC(=O)NC(CCN1CCC(C=O)(CCN(C)Cc2ccc(OC)cc2)CC1)c1ccccc1OC. The van der Waals surface area contributed by atoms with E-state index in [-0.39, 0.29) is 17.4 Å². The van der Waals surface area contributed by atoms with E-state index in [9.17, 15) is 9.59 Å². The Hall–Kier alpha value is -2.90. The van der Waals surface area contributed by atoms with E-state index in [1.807, 2.05) is 43.3 Å². The van der Waals surface area contributed by atoms with Gasteiger partial charge in [0.1, 0.15) is 17.8 Å². The molecule has 0 radical (unpaired) electrons. The summed E-state index contributed by atoms with van der Waals surface area (Å²) in [6.45, 7) is 6.23. The first kappa shape index (κ1) is 28.7. The molecule has 37 heavy (non-hydrogen) atoms. The standard InChI is InChI=1S/C30H43N3O4/c1-5-29(35)31-27(26-8-6-7-9-28(26)37-4)14-18-33-20-16-30(23-34,17-21-33)15-19-32(2)22-24-10-12-25(36-3)13-11-24/h6-13,23,27H,5,14-22H2,1-4H3,(H,31,35). The largest absolute Gasteiger partial charge is 0.497 e. The summed E-state index contributed by atoms with van der Waals surface area (Å²) in [4.78, 5) is 29.1. The van der Waals surface area contributed by atoms with Gasteiger partial charge >= 0.3 is 0 Å². The molecular formula is C30H43N3O4. The van der Waals surface area contributed by atoms with Crippen molar-refractivity contribution in [1.82, 2.24) is 15.1 Å². The molecule has 2 aromatic rings. The Bertz CT molecular complexity index is 987. The number of para-hydroxylation sites is 1. The maximum absolute atomic E-state index is 12.2. The summed E-state index contributed by atoms with van der Waals surface area (Å²) in [5.41, 5.74) is 1.98. The first-order valence-corrected chi connectivity index (χ1v) is 13.3. The fraction of sp³-hybridized carbons (Fsp3) is 0.533. The van der Waals surface area contributed by atoms with Crippen LogP contribution in [0.2, 0.25) is 0 Å². The van der Waals surface area contributed by atoms with Crippen LogP contribution in [0, 0.1) is 5.41 Å². The van der Waals surface area contributed by atoms with Gasteiger partial charge in [0.25, 0.3) is 0 Å². The van der Waals surface area contributed by atoms with Crippen LogP contribution >= 0.6 is 0 Å². The molecule has 1 heterocycles. The van der Waals surface area contributed by atoms with Crippen LogP contribution in [0.5, 0.6) is 11.5 Å². The zero-order valence-electron chi connectivity index (χ0n) is 22.9. The summed E-state index contributed by atoms with van der Waals surface area (Å²) in [7, 11) is 5.45. The van der Waals surface area contributed by atoms with E-state index in [1.54, 1.807) is 14.2 Å². The zero-order chi connectivity index (χ0) is 26.7. The van der Waals surface area contributed by atoms with Crippen molar-refractivity contribution < 1.29 is 19.1 Å². The van der Waals surface area contributed by atoms with E-state index in [2.05, 4.69) is 34.3 Å². The number of nitrogens with one attached hydrogen (secondary N) is 1. The maximum atomic E-state index is 12.2. The Balaban J connectivity index is 1.51. The molecular weight excluding hydrogens is 466 g/mol. The predicted octanol–water partition coefficient (Wildman–Crippen LogP) is 4.46. The molecule has 1 aliphatic rings. The van der Waals surface area contributed by atoms with Gasteiger partial charge in [0.2, 0.25) is 5.91 Å². The first-order valence-electron chi connectivity index (χ1n) is 13.3. The van der Waals surface area contributed by atoms with Gasteiger partial charge in [-0.25, -0.2) is 0 Å². The summed E-state index contributed by atoms with van der Waals surface area (Å²) in [6.07, 6.45) is 5.05. The Kier molecular flexibility index (Phi) is 11.0. The summed E-state index contributed by atoms with van der Waals surface area (Å²) in [5, 5.41) is 3.17. The van der Waals surface area contributed by atoms with E-state index in [1.165, 1.54) is 11.8 Å². The molecule has 0 bridgehead atoms. The highest BCUT2D eigenvalue weighted by molar-refractivity contribution is 5.76. The van der Waals surface area contributed by atoms with E-state index in [4.69, 9.17) is 9.47 Å². The quantitative estimate of drug-likeness (QED) is 0.379. The molecule has 1 saturated heterocycles. The molecule has 1 unspecified atom stereocenters. The van der Waals surface area contributed by atoms with Gasteiger partial charge in [-0.05, 0) is 76.1 Å². The number of amides is 1. The Morgan fingerprint density at radius 3 is 2.43 bits per heavy atom. The van der Waals surface area contributed by atoms with E-state index >= 15 is 0 Å². The van der Waals surface area contributed by atoms with Crippen molar-refractivity contribution >= 4 is 12.2 Å². The molecule has 0 saturated carbocycles. The Labute approximate surface area is 222 Å². The van der Waals surface area contributed by atoms with E-state index < -0.39 is 0 Å². The van der Waals surface area contributed by atoms with Crippen LogP contribution in [0.15, 0.2) is 48.5 Å². The molecule has 1 aliphatic heterocycles. The van der Waals surface area contributed by atoms with E-state index in [0.717, 1.165) is 75.5 Å². The summed E-state index contributed by atoms with van der Waals surface area (Å²) >= 11 is 0. The second-order valence-corrected chi connectivity index (χ2v) is 10.2. The molecule has 1 fully saturated rings. The number of piperidine rings is 1. The van der Waals surface area contributed by atoms with Gasteiger partial charge in [-0.3, -0.25) is 4.79 Å². The lowest BCUT2D eigenvalue weighted by Gasteiger charge is -2.39. The summed E-state index contributed by atoms with van der Waals surface area (Å²) in [6, 6.07) is 15.9. The van der Waals surface area contributed by atoms with Crippen molar-refractivity contribution in [1.29, 1.82) is 0 Å². The minimum atomic E-state index is -0.261. The number of rotatable bonds is 14. The van der Waals surface area contributed by atoms with Crippen LogP contribution in [-0.2, 0) is 16.1 Å². The normalized spacial score (nSPS) is 16.2. The van der Waals surface area contributed by atoms with Crippen LogP contribution in [0.1, 0.15) is 56.2 Å². The van der Waals surface area contributed by atoms with Crippen LogP contribution in [0.25, 0.3) is 0 Å². The number of benzene rings is 2. The van der Waals surface area contributed by atoms with Crippen molar-refractivity contribution in [2.24, 2.45) is 5.41 Å². The second kappa shape index (κ2) is 14.1. The molecule has 1 N–H and O–H groups in total. The molecule has 7 heteroatoms. The lowest BCUT2D eigenvalue weighted by Crippen LogP contribution is -2.43. The molecule has 7 nitrogen and oxygen atoms in total. The predicted molar refractivity (Wildman–Crippen MR) is 147 cm³/mol. The molecule has 1 amide bonds. The molecule has 1 atom stereocenters. The van der Waals surface area contributed by atoms with Crippen molar-refractivity contribution in [2.45, 2.75) is 51.6 Å². The number of hydrogen-bond acceptors (Lipinski definition) is 6. The molecule has 3 rings (SSSR count). The third-order valence-corrected chi connectivity index (χ3v) is 7.61. The average Bonchev–Trinajstić information content (AvgIpc) is 2.95. The minimum Gasteiger partial charge on any atom is -0.497 e. The molecule has 202 valence electrons. The number of carbonyl (C=O) groups is 2. The maximum Gasteiger partial charge on any atom is 0.220 e. The number of carbonyl (C=O) groups excluding carboxylic acids is 2. The lowest BCUT2D eigenvalue weighted by atomic mass is 9.77. The van der Waals surface area contributed by atoms with Crippen molar-refractivity contribution in [3.63, 3.8) is 0 Å². The van der Waals surface area contributed by atoms with Gasteiger partial charge in [-0.2, -0.15) is 0 Å². The van der Waals surface area contributed by atoms with Crippen LogP contribution in [0.4, 0.5) is 0 Å². The van der Waals surface area contributed by atoms with Crippen LogP contribution in [0.3, 0.4) is 0 Å². The van der Waals surface area contributed by atoms with Gasteiger partial charge in [-0.1, -0.05) is 37.3 Å². The van der Waals surface area contributed by atoms with Gasteiger partial charge in [0.05, 0.1) is 20.3 Å². The fourth-order valence-corrected chi connectivity index (χ4v) is 5.05. The fourth-order valence-electron chi connectivity index (χ4n) is 5.05. The zero-order valence-corrected chi connectivity index (χ0v) is 22.9. The number of ether oxygens (including phenoxy) is 2. The van der Waals surface area contributed by atoms with Gasteiger partial charge in [0, 0.05) is 30.5 Å². The van der Waals surface area contributed by atoms with E-state index in [0.29, 0.717) is 6.42 Å². The third kappa shape index (κ3) is 8.30. The highest BCUT2D eigenvalue weighted by Gasteiger charge is 2.34. The summed E-state index contributed by atoms with van der Waals surface area (Å²) in [5.74, 6) is 1.69. The molecule has 0 aromatic heterocycles. The smallest absolute Gasteiger partial charge is 0.220 e. The topological polar surface area (TPSA) is 71.1 Å². The second-order valence-electron chi connectivity index (χ2n) is 10.2. The number of nitrogens with zero attached hydrogens (tertiary/aromatic N) is 2. The Morgan fingerprint density at radius 1 is 1.11 bits per heavy atom. The van der Waals surface area contributed by atoms with Crippen molar-refractivity contribution in [3.8, 4) is 11.5 Å². The number of likely N-dealkylation sites (tertiary alicyclic amines) is 1. The van der Waals surface area contributed by atoms with Gasteiger partial charge in [-0.15, -0.1) is 0 Å². The molecule has 0 aliphatic carbocycles. The van der Waals surface area contributed by atoms with Crippen LogP contribution < -0.4 is 14.8 Å². The minimum absolute atomic E-state index is 0.0354. The average molecular weight is 510 g/mol. The lowest BCUT2D eigenvalue weighted by molar-refractivity contribution is -0.122.